The van der Waals surface area contributed by atoms with E-state index in [9.17, 15) is 5.11 Å². The van der Waals surface area contributed by atoms with Gasteiger partial charge < -0.3 is 5.11 Å². The van der Waals surface area contributed by atoms with Gasteiger partial charge in [0, 0.05) is 0 Å². The van der Waals surface area contributed by atoms with Gasteiger partial charge in [-0.15, -0.1) is 0 Å². The van der Waals surface area contributed by atoms with E-state index >= 15 is 0 Å². The smallest absolute Gasteiger partial charge is 0.0545 e. The van der Waals surface area contributed by atoms with Crippen molar-refractivity contribution in [2.45, 2.75) is 32.3 Å². The van der Waals surface area contributed by atoms with Gasteiger partial charge in [-0.3, -0.25) is 0 Å². The topological polar surface area (TPSA) is 20.2 Å². The second kappa shape index (κ2) is 1.72. The van der Waals surface area contributed by atoms with Gasteiger partial charge in [0.1, 0.15) is 0 Å². The van der Waals surface area contributed by atoms with E-state index in [2.05, 4.69) is 0 Å². The largest absolute Gasteiger partial charge is 0.393 e. The number of aliphatic hydroxyl groups is 1. The fourth-order valence-electron chi connectivity index (χ4n) is 2.59. The Hall–Kier alpha value is -0.0400. The molecule has 0 aromatic carbocycles. The van der Waals surface area contributed by atoms with Crippen LogP contribution in [-0.2, 0) is 0 Å². The molecular formula is C8H14O. The number of hydrogen-bond acceptors (Lipinski definition) is 1. The lowest BCUT2D eigenvalue weighted by molar-refractivity contribution is 0.154. The lowest BCUT2D eigenvalue weighted by Crippen LogP contribution is -2.06. The molecule has 0 unspecified atom stereocenters. The maximum absolute atomic E-state index is 9.20. The summed E-state index contributed by atoms with van der Waals surface area (Å²) in [6.45, 7) is 1.93. The van der Waals surface area contributed by atoms with E-state index in [4.69, 9.17) is 0 Å². The maximum Gasteiger partial charge on any atom is 0.0545 e. The van der Waals surface area contributed by atoms with Crippen LogP contribution in [0.1, 0.15) is 26.2 Å². The SMILES string of the molecule is C[C@H](O)C1[C@H]2CCC[C@H]12. The molecule has 1 heteroatoms. The lowest BCUT2D eigenvalue weighted by atomic mass is 10.1. The molecule has 9 heavy (non-hydrogen) atoms. The van der Waals surface area contributed by atoms with Crippen LogP contribution < -0.4 is 0 Å². The Labute approximate surface area is 56.1 Å². The number of aliphatic hydroxyl groups excluding tert-OH is 1. The van der Waals surface area contributed by atoms with Gasteiger partial charge in [-0.2, -0.15) is 0 Å². The average Bonchev–Trinajstić information content (AvgIpc) is 2.30. The highest BCUT2D eigenvalue weighted by Crippen LogP contribution is 2.58. The van der Waals surface area contributed by atoms with Gasteiger partial charge in [0.15, 0.2) is 0 Å². The van der Waals surface area contributed by atoms with E-state index in [0.717, 1.165) is 11.8 Å². The summed E-state index contributed by atoms with van der Waals surface area (Å²) >= 11 is 0. The molecule has 1 nitrogen and oxygen atoms in total. The molecule has 0 bridgehead atoms. The highest BCUT2D eigenvalue weighted by Gasteiger charge is 2.54. The predicted molar refractivity (Wildman–Crippen MR) is 36.0 cm³/mol. The van der Waals surface area contributed by atoms with Crippen LogP contribution in [0.25, 0.3) is 0 Å². The minimum atomic E-state index is -0.0275. The van der Waals surface area contributed by atoms with Gasteiger partial charge in [-0.1, -0.05) is 6.42 Å². The molecule has 0 saturated heterocycles. The molecule has 1 N–H and O–H groups in total. The van der Waals surface area contributed by atoms with Crippen LogP contribution >= 0.6 is 0 Å². The fraction of sp³-hybridized carbons (Fsp3) is 1.00. The number of hydrogen-bond donors (Lipinski definition) is 1. The molecule has 0 spiro atoms. The van der Waals surface area contributed by atoms with Crippen molar-refractivity contribution in [3.05, 3.63) is 0 Å². The molecule has 2 saturated carbocycles. The number of fused-ring (bicyclic) bond motifs is 1. The summed E-state index contributed by atoms with van der Waals surface area (Å²) in [7, 11) is 0. The summed E-state index contributed by atoms with van der Waals surface area (Å²) in [5.41, 5.74) is 0. The molecule has 0 aromatic heterocycles. The summed E-state index contributed by atoms with van der Waals surface area (Å²) < 4.78 is 0. The summed E-state index contributed by atoms with van der Waals surface area (Å²) in [4.78, 5) is 0. The van der Waals surface area contributed by atoms with Gasteiger partial charge in [0.25, 0.3) is 0 Å². The van der Waals surface area contributed by atoms with E-state index in [0.29, 0.717) is 5.92 Å². The molecule has 0 aliphatic heterocycles. The molecule has 0 aromatic rings. The van der Waals surface area contributed by atoms with E-state index in [-0.39, 0.29) is 6.10 Å². The second-order valence-corrected chi connectivity index (χ2v) is 3.58. The Morgan fingerprint density at radius 3 is 2.22 bits per heavy atom. The first-order chi connectivity index (χ1) is 4.30. The van der Waals surface area contributed by atoms with Gasteiger partial charge in [-0.25, -0.2) is 0 Å². The first kappa shape index (κ1) is 5.72. The molecule has 2 fully saturated rings. The predicted octanol–water partition coefficient (Wildman–Crippen LogP) is 1.41. The Balaban J connectivity index is 1.94. The van der Waals surface area contributed by atoms with Crippen molar-refractivity contribution in [3.8, 4) is 0 Å². The lowest BCUT2D eigenvalue weighted by Gasteiger charge is -2.04. The van der Waals surface area contributed by atoms with Crippen LogP contribution in [0.4, 0.5) is 0 Å². The zero-order valence-electron chi connectivity index (χ0n) is 5.88. The van der Waals surface area contributed by atoms with E-state index < -0.39 is 0 Å². The second-order valence-electron chi connectivity index (χ2n) is 3.58. The van der Waals surface area contributed by atoms with Gasteiger partial charge in [0.2, 0.25) is 0 Å². The molecule has 2 rings (SSSR count). The van der Waals surface area contributed by atoms with Crippen LogP contribution in [0.2, 0.25) is 0 Å². The highest BCUT2D eigenvalue weighted by atomic mass is 16.3. The normalized spacial score (nSPS) is 50.7. The zero-order chi connectivity index (χ0) is 6.43. The van der Waals surface area contributed by atoms with E-state index in [1.807, 2.05) is 6.92 Å². The van der Waals surface area contributed by atoms with Crippen molar-refractivity contribution < 1.29 is 5.11 Å². The molecular weight excluding hydrogens is 112 g/mol. The van der Waals surface area contributed by atoms with Crippen LogP contribution in [0, 0.1) is 17.8 Å². The Morgan fingerprint density at radius 1 is 1.33 bits per heavy atom. The zero-order valence-corrected chi connectivity index (χ0v) is 5.88. The van der Waals surface area contributed by atoms with Crippen molar-refractivity contribution in [3.63, 3.8) is 0 Å². The van der Waals surface area contributed by atoms with Crippen LogP contribution in [0.15, 0.2) is 0 Å². The maximum atomic E-state index is 9.20. The molecule has 2 aliphatic rings. The standard InChI is InChI=1S/C8H14O/c1-5(9)8-6-3-2-4-7(6)8/h5-9H,2-4H2,1H3/t5-,6-,7-/m0/s1. The van der Waals surface area contributed by atoms with Crippen LogP contribution in [0.3, 0.4) is 0 Å². The van der Waals surface area contributed by atoms with E-state index in [1.54, 1.807) is 0 Å². The van der Waals surface area contributed by atoms with Crippen molar-refractivity contribution in [2.24, 2.45) is 17.8 Å². The molecule has 2 aliphatic carbocycles. The van der Waals surface area contributed by atoms with Crippen molar-refractivity contribution in [2.75, 3.05) is 0 Å². The van der Waals surface area contributed by atoms with Gasteiger partial charge in [0.05, 0.1) is 6.10 Å². The van der Waals surface area contributed by atoms with Crippen molar-refractivity contribution >= 4 is 0 Å². The Bertz CT molecular complexity index is 110. The highest BCUT2D eigenvalue weighted by molar-refractivity contribution is 5.02. The third-order valence-electron chi connectivity index (χ3n) is 3.03. The van der Waals surface area contributed by atoms with Crippen molar-refractivity contribution in [1.29, 1.82) is 0 Å². The first-order valence-corrected chi connectivity index (χ1v) is 3.99. The Morgan fingerprint density at radius 2 is 1.89 bits per heavy atom. The number of rotatable bonds is 1. The minimum Gasteiger partial charge on any atom is -0.393 e. The van der Waals surface area contributed by atoms with Crippen LogP contribution in [0.5, 0.6) is 0 Å². The summed E-state index contributed by atoms with van der Waals surface area (Å²) in [6.07, 6.45) is 4.17. The fourth-order valence-corrected chi connectivity index (χ4v) is 2.59. The average molecular weight is 126 g/mol. The molecule has 0 amide bonds. The Kier molecular flexibility index (Phi) is 1.10. The first-order valence-electron chi connectivity index (χ1n) is 3.99. The molecule has 0 heterocycles. The van der Waals surface area contributed by atoms with Gasteiger partial charge in [-0.05, 0) is 37.5 Å². The summed E-state index contributed by atoms with van der Waals surface area (Å²) in [6, 6.07) is 0. The third kappa shape index (κ3) is 0.710. The summed E-state index contributed by atoms with van der Waals surface area (Å²) in [5, 5.41) is 9.20. The van der Waals surface area contributed by atoms with Crippen molar-refractivity contribution in [1.82, 2.24) is 0 Å². The van der Waals surface area contributed by atoms with Gasteiger partial charge >= 0.3 is 0 Å². The third-order valence-corrected chi connectivity index (χ3v) is 3.03. The molecule has 0 radical (unpaired) electrons. The quantitative estimate of drug-likeness (QED) is 0.563. The molecule has 52 valence electrons. The monoisotopic (exact) mass is 126 g/mol. The molecule has 3 atom stereocenters. The van der Waals surface area contributed by atoms with Crippen LogP contribution in [-0.4, -0.2) is 11.2 Å². The summed E-state index contributed by atoms with van der Waals surface area (Å²) in [5.74, 6) is 2.54. The minimum absolute atomic E-state index is 0.0275. The van der Waals surface area contributed by atoms with E-state index in [1.165, 1.54) is 19.3 Å².